The molecule has 6 heteroatoms. The van der Waals surface area contributed by atoms with E-state index in [0.717, 1.165) is 64.2 Å². The van der Waals surface area contributed by atoms with Crippen molar-refractivity contribution in [2.75, 3.05) is 6.61 Å². The Kier molecular flexibility index (Phi) is 50.0. The molecule has 1 amide bonds. The van der Waals surface area contributed by atoms with Gasteiger partial charge < -0.3 is 20.3 Å². The van der Waals surface area contributed by atoms with Crippen molar-refractivity contribution in [1.82, 2.24) is 5.32 Å². The summed E-state index contributed by atoms with van der Waals surface area (Å²) in [5.74, 6) is -0.476. The first-order valence-electron chi connectivity index (χ1n) is 28.1. The summed E-state index contributed by atoms with van der Waals surface area (Å²) < 4.78 is 5.95. The lowest BCUT2D eigenvalue weighted by molar-refractivity contribution is -0.151. The van der Waals surface area contributed by atoms with Gasteiger partial charge in [-0.15, -0.1) is 0 Å². The SMILES string of the molecule is CCCCCCCC/C=C/CCCCCCCCCCCC(=O)OC(CCCCC/C=C/CCCCCCCCC)CC(=O)NC(CO)C(O)CCCCCCCCCCCCC. The molecule has 0 aliphatic carbocycles. The maximum Gasteiger partial charge on any atom is 0.306 e. The highest BCUT2D eigenvalue weighted by molar-refractivity contribution is 5.77. The largest absolute Gasteiger partial charge is 0.462 e. The Morgan fingerprint density at radius 1 is 0.444 bits per heavy atom. The van der Waals surface area contributed by atoms with Gasteiger partial charge in [0, 0.05) is 6.42 Å². The van der Waals surface area contributed by atoms with Crippen LogP contribution in [0.2, 0.25) is 0 Å². The van der Waals surface area contributed by atoms with Crippen molar-refractivity contribution in [3.8, 4) is 0 Å². The predicted octanol–water partition coefficient (Wildman–Crippen LogP) is 17.1. The zero-order valence-corrected chi connectivity index (χ0v) is 42.5. The minimum atomic E-state index is -0.788. The van der Waals surface area contributed by atoms with E-state index in [4.69, 9.17) is 4.74 Å². The zero-order valence-electron chi connectivity index (χ0n) is 42.5. The summed E-state index contributed by atoms with van der Waals surface area (Å²) in [5, 5.41) is 23.8. The van der Waals surface area contributed by atoms with Crippen molar-refractivity contribution in [1.29, 1.82) is 0 Å². The van der Waals surface area contributed by atoms with Gasteiger partial charge in [-0.25, -0.2) is 0 Å². The number of nitrogens with one attached hydrogen (secondary N) is 1. The van der Waals surface area contributed by atoms with E-state index in [1.807, 2.05) is 0 Å². The van der Waals surface area contributed by atoms with E-state index in [1.54, 1.807) is 0 Å². The molecule has 63 heavy (non-hydrogen) atoms. The zero-order chi connectivity index (χ0) is 45.9. The van der Waals surface area contributed by atoms with Crippen LogP contribution in [0.25, 0.3) is 0 Å². The molecule has 3 N–H and O–H groups in total. The molecule has 0 spiro atoms. The fraction of sp³-hybridized carbons (Fsp3) is 0.895. The summed E-state index contributed by atoms with van der Waals surface area (Å²) in [6.07, 6.45) is 59.6. The minimum Gasteiger partial charge on any atom is -0.462 e. The first kappa shape index (κ1) is 61.3. The topological polar surface area (TPSA) is 95.9 Å². The van der Waals surface area contributed by atoms with E-state index in [0.29, 0.717) is 19.3 Å². The van der Waals surface area contributed by atoms with Gasteiger partial charge in [0.15, 0.2) is 0 Å². The van der Waals surface area contributed by atoms with Gasteiger partial charge in [-0.05, 0) is 77.0 Å². The van der Waals surface area contributed by atoms with Gasteiger partial charge in [0.25, 0.3) is 0 Å². The number of carbonyl (C=O) groups excluding carboxylic acids is 2. The number of unbranched alkanes of at least 4 members (excludes halogenated alkanes) is 35. The van der Waals surface area contributed by atoms with Crippen molar-refractivity contribution in [2.24, 2.45) is 0 Å². The smallest absolute Gasteiger partial charge is 0.306 e. The number of carbonyl (C=O) groups is 2. The Morgan fingerprint density at radius 3 is 1.14 bits per heavy atom. The molecule has 0 aromatic rings. The molecule has 3 unspecified atom stereocenters. The van der Waals surface area contributed by atoms with Crippen molar-refractivity contribution in [3.63, 3.8) is 0 Å². The first-order valence-corrected chi connectivity index (χ1v) is 28.1. The summed E-state index contributed by atoms with van der Waals surface area (Å²) in [5.41, 5.74) is 0. The Morgan fingerprint density at radius 2 is 0.762 bits per heavy atom. The van der Waals surface area contributed by atoms with Crippen LogP contribution in [0.4, 0.5) is 0 Å². The molecule has 0 heterocycles. The number of ether oxygens (including phenoxy) is 1. The number of amides is 1. The fourth-order valence-corrected chi connectivity index (χ4v) is 8.72. The van der Waals surface area contributed by atoms with E-state index in [1.165, 1.54) is 193 Å². The Balaban J connectivity index is 4.51. The summed E-state index contributed by atoms with van der Waals surface area (Å²) in [6.45, 7) is 6.49. The quantitative estimate of drug-likeness (QED) is 0.0321. The highest BCUT2D eigenvalue weighted by atomic mass is 16.5. The summed E-state index contributed by atoms with van der Waals surface area (Å²) in [4.78, 5) is 26.2. The lowest BCUT2D eigenvalue weighted by Crippen LogP contribution is -2.46. The molecule has 0 aliphatic heterocycles. The van der Waals surface area contributed by atoms with Crippen molar-refractivity contribution in [2.45, 2.75) is 322 Å². The van der Waals surface area contributed by atoms with Crippen LogP contribution < -0.4 is 5.32 Å². The highest BCUT2D eigenvalue weighted by Gasteiger charge is 2.24. The molecule has 0 aliphatic rings. The Labute approximate surface area is 392 Å². The van der Waals surface area contributed by atoms with Gasteiger partial charge in [0.2, 0.25) is 5.91 Å². The van der Waals surface area contributed by atoms with E-state index < -0.39 is 18.2 Å². The molecule has 0 rings (SSSR count). The van der Waals surface area contributed by atoms with Gasteiger partial charge in [0.05, 0.1) is 25.2 Å². The third-order valence-corrected chi connectivity index (χ3v) is 13.0. The van der Waals surface area contributed by atoms with Gasteiger partial charge >= 0.3 is 5.97 Å². The minimum absolute atomic E-state index is 0.0707. The number of hydrogen-bond donors (Lipinski definition) is 3. The van der Waals surface area contributed by atoms with Crippen LogP contribution in [0.15, 0.2) is 24.3 Å². The second kappa shape index (κ2) is 51.3. The molecule has 0 bridgehead atoms. The molecule has 0 aromatic heterocycles. The number of aliphatic hydroxyl groups is 2. The van der Waals surface area contributed by atoms with E-state index in [2.05, 4.69) is 50.4 Å². The second-order valence-corrected chi connectivity index (χ2v) is 19.3. The molecule has 0 radical (unpaired) electrons. The Hall–Kier alpha value is -1.66. The number of esters is 1. The normalized spacial score (nSPS) is 13.3. The highest BCUT2D eigenvalue weighted by Crippen LogP contribution is 2.18. The monoisotopic (exact) mass is 888 g/mol. The van der Waals surface area contributed by atoms with Crippen LogP contribution in [0.3, 0.4) is 0 Å². The third-order valence-electron chi connectivity index (χ3n) is 13.0. The Bertz CT molecular complexity index is 997. The van der Waals surface area contributed by atoms with Crippen LogP contribution in [-0.2, 0) is 14.3 Å². The molecule has 0 aromatic carbocycles. The van der Waals surface area contributed by atoms with Crippen molar-refractivity contribution < 1.29 is 24.5 Å². The first-order chi connectivity index (χ1) is 31.0. The summed E-state index contributed by atoms with van der Waals surface area (Å²) >= 11 is 0. The maximum absolute atomic E-state index is 13.2. The van der Waals surface area contributed by atoms with Gasteiger partial charge in [0.1, 0.15) is 6.10 Å². The molecule has 0 saturated heterocycles. The van der Waals surface area contributed by atoms with E-state index >= 15 is 0 Å². The van der Waals surface area contributed by atoms with Gasteiger partial charge in [-0.1, -0.05) is 238 Å². The maximum atomic E-state index is 13.2. The van der Waals surface area contributed by atoms with Crippen LogP contribution in [0.5, 0.6) is 0 Å². The predicted molar refractivity (Wildman–Crippen MR) is 273 cm³/mol. The standard InChI is InChI=1S/C57H109NO5/c1-4-7-10-13-16-19-22-24-26-27-28-29-30-32-35-38-41-44-47-50-57(62)63-53(48-45-42-39-36-34-31-25-23-20-17-14-11-8-5-2)51-56(61)58-54(52-59)55(60)49-46-43-40-37-33-21-18-15-12-9-6-3/h24,26,31,34,53-55,59-60H,4-23,25,27-30,32-33,35-52H2,1-3H3,(H,58,61)/b26-24+,34-31+. The van der Waals surface area contributed by atoms with E-state index in [9.17, 15) is 19.8 Å². The number of hydrogen-bond acceptors (Lipinski definition) is 5. The fourth-order valence-electron chi connectivity index (χ4n) is 8.72. The van der Waals surface area contributed by atoms with Gasteiger partial charge in [-0.2, -0.15) is 0 Å². The van der Waals surface area contributed by atoms with Crippen LogP contribution >= 0.6 is 0 Å². The molecule has 0 fully saturated rings. The summed E-state index contributed by atoms with van der Waals surface area (Å²) in [6, 6.07) is -0.702. The average molecular weight is 889 g/mol. The molecular weight excluding hydrogens is 779 g/mol. The lowest BCUT2D eigenvalue weighted by atomic mass is 10.0. The van der Waals surface area contributed by atoms with Gasteiger partial charge in [-0.3, -0.25) is 9.59 Å². The van der Waals surface area contributed by atoms with Crippen LogP contribution in [-0.4, -0.2) is 46.9 Å². The van der Waals surface area contributed by atoms with E-state index in [-0.39, 0.29) is 24.9 Å². The summed E-state index contributed by atoms with van der Waals surface area (Å²) in [7, 11) is 0. The molecule has 3 atom stereocenters. The lowest BCUT2D eigenvalue weighted by Gasteiger charge is -2.24. The molecular formula is C57H109NO5. The van der Waals surface area contributed by atoms with Crippen molar-refractivity contribution >= 4 is 11.9 Å². The average Bonchev–Trinajstić information content (AvgIpc) is 3.28. The molecule has 0 saturated carbocycles. The van der Waals surface area contributed by atoms with Crippen LogP contribution in [0.1, 0.15) is 303 Å². The number of aliphatic hydroxyl groups excluding tert-OH is 2. The molecule has 6 nitrogen and oxygen atoms in total. The second-order valence-electron chi connectivity index (χ2n) is 19.3. The number of allylic oxidation sites excluding steroid dienone is 4. The van der Waals surface area contributed by atoms with Crippen LogP contribution in [0, 0.1) is 0 Å². The third kappa shape index (κ3) is 46.7. The number of rotatable bonds is 51. The molecule has 372 valence electrons. The van der Waals surface area contributed by atoms with Crippen molar-refractivity contribution in [3.05, 3.63) is 24.3 Å².